The number of ether oxygens (including phenoxy) is 1. The summed E-state index contributed by atoms with van der Waals surface area (Å²) in [4.78, 5) is 16.3. The fourth-order valence-electron chi connectivity index (χ4n) is 2.15. The molecule has 5 nitrogen and oxygen atoms in total. The van der Waals surface area contributed by atoms with Crippen LogP contribution in [-0.2, 0) is 14.8 Å². The van der Waals surface area contributed by atoms with Crippen LogP contribution in [0.15, 0.2) is 12.1 Å². The summed E-state index contributed by atoms with van der Waals surface area (Å²) < 4.78 is 11.5. The SMILES string of the molecule is Cc1nc(NC(=O)OC(C)(C)C)ccc1C(C)(C)O[SiH2]C(C)(C)C. The normalized spacial score (nSPS) is 13.4. The molecule has 0 fully saturated rings. The molecule has 1 N–H and O–H groups in total. The molecule has 0 saturated carbocycles. The van der Waals surface area contributed by atoms with E-state index in [1.807, 2.05) is 33.8 Å². The summed E-state index contributed by atoms with van der Waals surface area (Å²) in [5, 5.41) is 2.90. The summed E-state index contributed by atoms with van der Waals surface area (Å²) in [6, 6.07) is 3.75. The second-order valence-corrected chi connectivity index (χ2v) is 11.5. The summed E-state index contributed by atoms with van der Waals surface area (Å²) in [6.07, 6.45) is -0.502. The number of amides is 1. The maximum Gasteiger partial charge on any atom is 0.413 e. The molecule has 0 bridgehead atoms. The Hall–Kier alpha value is -1.40. The lowest BCUT2D eigenvalue weighted by atomic mass is 9.97. The van der Waals surface area contributed by atoms with E-state index in [1.165, 1.54) is 0 Å². The Morgan fingerprint density at radius 2 is 1.67 bits per heavy atom. The number of aromatic nitrogens is 1. The van der Waals surface area contributed by atoms with Gasteiger partial charge in [-0.1, -0.05) is 26.8 Å². The molecule has 0 aliphatic rings. The van der Waals surface area contributed by atoms with E-state index >= 15 is 0 Å². The number of aryl methyl sites for hydroxylation is 1. The number of nitrogens with one attached hydrogen (secondary N) is 1. The largest absolute Gasteiger partial charge is 0.444 e. The van der Waals surface area contributed by atoms with Gasteiger partial charge in [-0.3, -0.25) is 5.32 Å². The second-order valence-electron chi connectivity index (χ2n) is 8.82. The fraction of sp³-hybridized carbons (Fsp3) is 0.667. The summed E-state index contributed by atoms with van der Waals surface area (Å²) in [6.45, 7) is 18.2. The van der Waals surface area contributed by atoms with Crippen molar-refractivity contribution >= 4 is 21.7 Å². The van der Waals surface area contributed by atoms with Crippen molar-refractivity contribution in [3.8, 4) is 0 Å². The predicted octanol–water partition coefficient (Wildman–Crippen LogP) is 4.29. The van der Waals surface area contributed by atoms with Crippen LogP contribution < -0.4 is 5.32 Å². The first kappa shape index (κ1) is 20.6. The summed E-state index contributed by atoms with van der Waals surface area (Å²) in [5.74, 6) is 0.481. The summed E-state index contributed by atoms with van der Waals surface area (Å²) in [5.41, 5.74) is 0.957. The smallest absolute Gasteiger partial charge is 0.413 e. The van der Waals surface area contributed by atoms with Crippen molar-refractivity contribution in [2.24, 2.45) is 0 Å². The van der Waals surface area contributed by atoms with E-state index in [2.05, 4.69) is 44.9 Å². The van der Waals surface area contributed by atoms with E-state index in [4.69, 9.17) is 9.16 Å². The summed E-state index contributed by atoms with van der Waals surface area (Å²) >= 11 is 0. The molecule has 1 rings (SSSR count). The zero-order valence-electron chi connectivity index (χ0n) is 16.5. The molecule has 0 aromatic carbocycles. The van der Waals surface area contributed by atoms with Gasteiger partial charge < -0.3 is 9.16 Å². The van der Waals surface area contributed by atoms with Crippen molar-refractivity contribution in [2.45, 2.75) is 78.6 Å². The Morgan fingerprint density at radius 1 is 1.08 bits per heavy atom. The Labute approximate surface area is 148 Å². The minimum Gasteiger partial charge on any atom is -0.444 e. The van der Waals surface area contributed by atoms with Crippen LogP contribution in [0.1, 0.15) is 66.6 Å². The third kappa shape index (κ3) is 7.01. The van der Waals surface area contributed by atoms with E-state index in [0.717, 1.165) is 11.3 Å². The van der Waals surface area contributed by atoms with Crippen molar-refractivity contribution in [3.63, 3.8) is 0 Å². The first-order valence-electron chi connectivity index (χ1n) is 8.32. The van der Waals surface area contributed by atoms with Gasteiger partial charge in [-0.05, 0) is 52.6 Å². The fourth-order valence-corrected chi connectivity index (χ4v) is 3.10. The van der Waals surface area contributed by atoms with Gasteiger partial charge in [-0.25, -0.2) is 9.78 Å². The van der Waals surface area contributed by atoms with Crippen molar-refractivity contribution in [2.75, 3.05) is 5.32 Å². The Bertz CT molecular complexity index is 587. The number of anilines is 1. The highest BCUT2D eigenvalue weighted by Gasteiger charge is 2.27. The lowest BCUT2D eigenvalue weighted by molar-refractivity contribution is 0.0635. The molecular weight excluding hydrogens is 320 g/mol. The molecule has 0 radical (unpaired) electrons. The Balaban J connectivity index is 2.85. The molecule has 0 spiro atoms. The van der Waals surface area contributed by atoms with E-state index in [-0.39, 0.29) is 10.6 Å². The van der Waals surface area contributed by atoms with Gasteiger partial charge in [0.25, 0.3) is 0 Å². The van der Waals surface area contributed by atoms with Crippen LogP contribution in [-0.4, -0.2) is 26.4 Å². The average Bonchev–Trinajstić information content (AvgIpc) is 2.33. The standard InChI is InChI=1S/C18H32N2O3Si/c1-12-13(18(8,9)23-24-17(5,6)7)10-11-14(19-12)20-15(21)22-16(2,3)4/h10-11H,24H2,1-9H3,(H,19,20,21). The van der Waals surface area contributed by atoms with E-state index in [9.17, 15) is 4.79 Å². The number of nitrogens with zero attached hydrogens (tertiary/aromatic N) is 1. The molecule has 1 aromatic heterocycles. The topological polar surface area (TPSA) is 60.5 Å². The Morgan fingerprint density at radius 3 is 2.12 bits per heavy atom. The van der Waals surface area contributed by atoms with Crippen LogP contribution in [0.3, 0.4) is 0 Å². The minimum atomic E-state index is -0.679. The van der Waals surface area contributed by atoms with Gasteiger partial charge in [0, 0.05) is 11.3 Å². The molecule has 1 heterocycles. The van der Waals surface area contributed by atoms with Crippen molar-refractivity contribution in [3.05, 3.63) is 23.4 Å². The maximum atomic E-state index is 11.8. The predicted molar refractivity (Wildman–Crippen MR) is 101 cm³/mol. The molecule has 136 valence electrons. The highest BCUT2D eigenvalue weighted by Crippen LogP contribution is 2.31. The molecule has 1 amide bonds. The first-order chi connectivity index (χ1) is 10.7. The van der Waals surface area contributed by atoms with Gasteiger partial charge >= 0.3 is 6.09 Å². The third-order valence-electron chi connectivity index (χ3n) is 3.23. The number of carbonyl (C=O) groups is 1. The van der Waals surface area contributed by atoms with Crippen LogP contribution in [0.4, 0.5) is 10.6 Å². The third-order valence-corrected chi connectivity index (χ3v) is 4.96. The van der Waals surface area contributed by atoms with Crippen molar-refractivity contribution < 1.29 is 14.0 Å². The minimum absolute atomic E-state index is 0.233. The van der Waals surface area contributed by atoms with Gasteiger partial charge in [-0.15, -0.1) is 0 Å². The second kappa shape index (κ2) is 7.23. The number of hydrogen-bond acceptors (Lipinski definition) is 4. The van der Waals surface area contributed by atoms with Crippen LogP contribution >= 0.6 is 0 Å². The molecule has 0 aliphatic heterocycles. The summed E-state index contributed by atoms with van der Waals surface area (Å²) in [7, 11) is -0.679. The van der Waals surface area contributed by atoms with Gasteiger partial charge in [0.2, 0.25) is 0 Å². The van der Waals surface area contributed by atoms with Gasteiger partial charge in [-0.2, -0.15) is 0 Å². The molecule has 6 heteroatoms. The van der Waals surface area contributed by atoms with Crippen LogP contribution in [0.25, 0.3) is 0 Å². The Kier molecular flexibility index (Phi) is 6.22. The maximum absolute atomic E-state index is 11.8. The zero-order valence-corrected chi connectivity index (χ0v) is 17.9. The average molecular weight is 353 g/mol. The molecule has 24 heavy (non-hydrogen) atoms. The van der Waals surface area contributed by atoms with Crippen LogP contribution in [0.5, 0.6) is 0 Å². The van der Waals surface area contributed by atoms with Crippen LogP contribution in [0, 0.1) is 6.92 Å². The number of carbonyl (C=O) groups excluding carboxylic acids is 1. The zero-order chi connectivity index (χ0) is 18.8. The highest BCUT2D eigenvalue weighted by atomic mass is 28.2. The van der Waals surface area contributed by atoms with Crippen LogP contribution in [0.2, 0.25) is 5.04 Å². The quantitative estimate of drug-likeness (QED) is 0.821. The van der Waals surface area contributed by atoms with Gasteiger partial charge in [0.15, 0.2) is 9.76 Å². The number of rotatable bonds is 4. The monoisotopic (exact) mass is 352 g/mol. The van der Waals surface area contributed by atoms with E-state index in [0.29, 0.717) is 5.82 Å². The van der Waals surface area contributed by atoms with Gasteiger partial charge in [0.1, 0.15) is 11.4 Å². The first-order valence-corrected chi connectivity index (χ1v) is 9.60. The molecule has 0 atom stereocenters. The number of pyridine rings is 1. The molecule has 0 saturated heterocycles. The van der Waals surface area contributed by atoms with Gasteiger partial charge in [0.05, 0.1) is 5.60 Å². The lowest BCUT2D eigenvalue weighted by Crippen LogP contribution is -2.29. The molecule has 1 aromatic rings. The molecule has 0 unspecified atom stereocenters. The number of hydrogen-bond donors (Lipinski definition) is 1. The lowest BCUT2D eigenvalue weighted by Gasteiger charge is -2.31. The molecule has 0 aliphatic carbocycles. The van der Waals surface area contributed by atoms with Crippen molar-refractivity contribution in [1.29, 1.82) is 0 Å². The van der Waals surface area contributed by atoms with Crippen molar-refractivity contribution in [1.82, 2.24) is 4.98 Å². The molecular formula is C18H32N2O3Si. The van der Waals surface area contributed by atoms with E-state index < -0.39 is 21.5 Å². The van der Waals surface area contributed by atoms with E-state index in [1.54, 1.807) is 6.07 Å². The highest BCUT2D eigenvalue weighted by molar-refractivity contribution is 6.31.